The first-order valence-corrected chi connectivity index (χ1v) is 5.55. The fourth-order valence-corrected chi connectivity index (χ4v) is 1.54. The maximum absolute atomic E-state index is 11.6. The number of rotatable bonds is 5. The van der Waals surface area contributed by atoms with Crippen molar-refractivity contribution in [3.8, 4) is 0 Å². The van der Waals surface area contributed by atoms with Gasteiger partial charge in [-0.3, -0.25) is 4.79 Å². The molecular formula is C11H15N3O5. The quantitative estimate of drug-likeness (QED) is 0.513. The molecule has 0 saturated carbocycles. The number of nitrogens with one attached hydrogen (secondary N) is 2. The maximum Gasteiger partial charge on any atom is 0.345 e. The number of aliphatic hydroxyl groups is 1. The summed E-state index contributed by atoms with van der Waals surface area (Å²) in [7, 11) is 0. The summed E-state index contributed by atoms with van der Waals surface area (Å²) < 4.78 is 0. The van der Waals surface area contributed by atoms with Crippen LogP contribution in [-0.2, 0) is 16.0 Å². The summed E-state index contributed by atoms with van der Waals surface area (Å²) in [5, 5.41) is 19.8. The molecular weight excluding hydrogens is 254 g/mol. The van der Waals surface area contributed by atoms with Crippen LogP contribution >= 0.6 is 0 Å². The standard InChI is InChI=1S/C11H15N3O5/c1-5-7(6(2)14-11(19)13-5)3-9(16)12-4-8(15)10(17)18/h8,15H,3-4H2,1-2H3,(H,12,16)(H,17,18)(H,13,14,19). The highest BCUT2D eigenvalue weighted by Crippen LogP contribution is 2.07. The maximum atomic E-state index is 11.6. The lowest BCUT2D eigenvalue weighted by Gasteiger charge is -2.10. The van der Waals surface area contributed by atoms with Gasteiger partial charge in [-0.2, -0.15) is 4.98 Å². The van der Waals surface area contributed by atoms with Gasteiger partial charge in [0.05, 0.1) is 13.0 Å². The van der Waals surface area contributed by atoms with Crippen molar-refractivity contribution in [1.82, 2.24) is 15.3 Å². The molecule has 0 radical (unpaired) electrons. The van der Waals surface area contributed by atoms with Crippen LogP contribution in [0.3, 0.4) is 0 Å². The third-order valence-electron chi connectivity index (χ3n) is 2.57. The fraction of sp³-hybridized carbons (Fsp3) is 0.455. The number of aromatic amines is 1. The lowest BCUT2D eigenvalue weighted by atomic mass is 10.1. The van der Waals surface area contributed by atoms with Crippen LogP contribution < -0.4 is 11.0 Å². The number of hydrogen-bond acceptors (Lipinski definition) is 5. The van der Waals surface area contributed by atoms with Gasteiger partial charge in [0.25, 0.3) is 0 Å². The molecule has 0 fully saturated rings. The van der Waals surface area contributed by atoms with Crippen LogP contribution in [0.1, 0.15) is 17.0 Å². The van der Waals surface area contributed by atoms with Gasteiger partial charge < -0.3 is 20.5 Å². The average Bonchev–Trinajstić information content (AvgIpc) is 2.30. The molecule has 0 aliphatic heterocycles. The number of H-pyrrole nitrogens is 1. The van der Waals surface area contributed by atoms with Crippen LogP contribution in [0, 0.1) is 13.8 Å². The van der Waals surface area contributed by atoms with Crippen LogP contribution in [-0.4, -0.2) is 44.7 Å². The molecule has 4 N–H and O–H groups in total. The predicted octanol–water partition coefficient (Wildman–Crippen LogP) is -1.51. The lowest BCUT2D eigenvalue weighted by Crippen LogP contribution is -2.37. The normalized spacial score (nSPS) is 11.9. The van der Waals surface area contributed by atoms with Crippen LogP contribution in [0.15, 0.2) is 4.79 Å². The number of aromatic nitrogens is 2. The Kier molecular flexibility index (Phi) is 4.76. The molecule has 0 bridgehead atoms. The third-order valence-corrected chi connectivity index (χ3v) is 2.57. The molecule has 1 amide bonds. The third kappa shape index (κ3) is 4.18. The zero-order valence-electron chi connectivity index (χ0n) is 10.6. The average molecular weight is 269 g/mol. The highest BCUT2D eigenvalue weighted by Gasteiger charge is 2.15. The second-order valence-electron chi connectivity index (χ2n) is 4.07. The molecule has 0 aromatic carbocycles. The molecule has 1 atom stereocenters. The van der Waals surface area contributed by atoms with E-state index < -0.39 is 23.7 Å². The molecule has 0 aliphatic carbocycles. The Morgan fingerprint density at radius 2 is 2.05 bits per heavy atom. The minimum atomic E-state index is -1.64. The van der Waals surface area contributed by atoms with Gasteiger partial charge in [0.1, 0.15) is 0 Å². The van der Waals surface area contributed by atoms with E-state index in [4.69, 9.17) is 10.2 Å². The number of carbonyl (C=O) groups excluding carboxylic acids is 1. The number of carbonyl (C=O) groups is 2. The molecule has 19 heavy (non-hydrogen) atoms. The van der Waals surface area contributed by atoms with Crippen molar-refractivity contribution in [2.75, 3.05) is 6.54 Å². The molecule has 1 aromatic heterocycles. The Bertz CT molecular complexity index is 526. The minimum Gasteiger partial charge on any atom is -0.479 e. The molecule has 8 heteroatoms. The Morgan fingerprint density at radius 3 is 2.58 bits per heavy atom. The van der Waals surface area contributed by atoms with Crippen LogP contribution in [0.4, 0.5) is 0 Å². The zero-order valence-corrected chi connectivity index (χ0v) is 10.6. The number of carboxylic acid groups (broad SMARTS) is 1. The van der Waals surface area contributed by atoms with Gasteiger partial charge in [-0.1, -0.05) is 0 Å². The molecule has 0 saturated heterocycles. The SMILES string of the molecule is Cc1nc(=O)[nH]c(C)c1CC(=O)NCC(O)C(=O)O. The molecule has 1 aromatic rings. The number of carboxylic acids is 1. The van der Waals surface area contributed by atoms with Gasteiger partial charge in [-0.05, 0) is 13.8 Å². The monoisotopic (exact) mass is 269 g/mol. The Balaban J connectivity index is 2.68. The molecule has 1 heterocycles. The van der Waals surface area contributed by atoms with Crippen molar-refractivity contribution < 1.29 is 19.8 Å². The van der Waals surface area contributed by atoms with Crippen LogP contribution in [0.25, 0.3) is 0 Å². The number of nitrogens with zero attached hydrogens (tertiary/aromatic N) is 1. The molecule has 1 rings (SSSR count). The molecule has 0 spiro atoms. The summed E-state index contributed by atoms with van der Waals surface area (Å²) in [6.45, 7) is 2.88. The van der Waals surface area contributed by atoms with Crippen LogP contribution in [0.2, 0.25) is 0 Å². The summed E-state index contributed by atoms with van der Waals surface area (Å²) >= 11 is 0. The van der Waals surface area contributed by atoms with Gasteiger partial charge in [-0.15, -0.1) is 0 Å². The Hall–Kier alpha value is -2.22. The van der Waals surface area contributed by atoms with Gasteiger partial charge >= 0.3 is 11.7 Å². The van der Waals surface area contributed by atoms with E-state index >= 15 is 0 Å². The zero-order chi connectivity index (χ0) is 14.6. The number of hydrogen-bond donors (Lipinski definition) is 4. The molecule has 1 unspecified atom stereocenters. The molecule has 0 aliphatic rings. The van der Waals surface area contributed by atoms with Gasteiger partial charge in [0.15, 0.2) is 6.10 Å². The van der Waals surface area contributed by atoms with E-state index in [0.717, 1.165) is 0 Å². The van der Waals surface area contributed by atoms with E-state index in [1.54, 1.807) is 13.8 Å². The van der Waals surface area contributed by atoms with Crippen LogP contribution in [0.5, 0.6) is 0 Å². The van der Waals surface area contributed by atoms with E-state index in [9.17, 15) is 14.4 Å². The summed E-state index contributed by atoms with van der Waals surface area (Å²) in [6, 6.07) is 0. The van der Waals surface area contributed by atoms with Gasteiger partial charge in [-0.25, -0.2) is 9.59 Å². The predicted molar refractivity (Wildman–Crippen MR) is 64.7 cm³/mol. The first kappa shape index (κ1) is 14.8. The van der Waals surface area contributed by atoms with Crippen molar-refractivity contribution in [1.29, 1.82) is 0 Å². The largest absolute Gasteiger partial charge is 0.479 e. The lowest BCUT2D eigenvalue weighted by molar-refractivity contribution is -0.146. The topological polar surface area (TPSA) is 132 Å². The molecule has 104 valence electrons. The van der Waals surface area contributed by atoms with E-state index in [1.807, 2.05) is 0 Å². The summed E-state index contributed by atoms with van der Waals surface area (Å²) in [6.07, 6.45) is -1.69. The summed E-state index contributed by atoms with van der Waals surface area (Å²) in [5.41, 5.74) is 1.06. The van der Waals surface area contributed by atoms with Crippen molar-refractivity contribution in [3.05, 3.63) is 27.4 Å². The van der Waals surface area contributed by atoms with E-state index in [1.165, 1.54) is 0 Å². The number of aliphatic carboxylic acids is 1. The van der Waals surface area contributed by atoms with E-state index in [0.29, 0.717) is 17.0 Å². The van der Waals surface area contributed by atoms with Crippen molar-refractivity contribution in [2.45, 2.75) is 26.4 Å². The first-order chi connectivity index (χ1) is 8.81. The second kappa shape index (κ2) is 6.10. The number of aliphatic hydroxyl groups excluding tert-OH is 1. The first-order valence-electron chi connectivity index (χ1n) is 5.55. The van der Waals surface area contributed by atoms with Crippen molar-refractivity contribution in [2.24, 2.45) is 0 Å². The highest BCUT2D eigenvalue weighted by atomic mass is 16.4. The fourth-order valence-electron chi connectivity index (χ4n) is 1.54. The summed E-state index contributed by atoms with van der Waals surface area (Å²) in [4.78, 5) is 39.2. The Morgan fingerprint density at radius 1 is 1.42 bits per heavy atom. The van der Waals surface area contributed by atoms with E-state index in [2.05, 4.69) is 15.3 Å². The number of aryl methyl sites for hydroxylation is 2. The molecule has 8 nitrogen and oxygen atoms in total. The smallest absolute Gasteiger partial charge is 0.345 e. The summed E-state index contributed by atoms with van der Waals surface area (Å²) in [5.74, 6) is -1.86. The van der Waals surface area contributed by atoms with Gasteiger partial charge in [0.2, 0.25) is 5.91 Å². The van der Waals surface area contributed by atoms with Gasteiger partial charge in [0, 0.05) is 17.0 Å². The van der Waals surface area contributed by atoms with E-state index in [-0.39, 0.29) is 13.0 Å². The second-order valence-corrected chi connectivity index (χ2v) is 4.07. The number of amides is 1. The Labute approximate surface area is 108 Å². The highest BCUT2D eigenvalue weighted by molar-refractivity contribution is 5.80. The van der Waals surface area contributed by atoms with Crippen molar-refractivity contribution in [3.63, 3.8) is 0 Å². The minimum absolute atomic E-state index is 0.0478. The van der Waals surface area contributed by atoms with Crippen molar-refractivity contribution >= 4 is 11.9 Å².